The number of rotatable bonds is 10. The minimum atomic E-state index is -1.22. The van der Waals surface area contributed by atoms with Gasteiger partial charge in [-0.3, -0.25) is 19.7 Å². The van der Waals surface area contributed by atoms with Crippen molar-refractivity contribution in [3.8, 4) is 5.75 Å². The average molecular weight is 482 g/mol. The number of halogens is 2. The van der Waals surface area contributed by atoms with E-state index < -0.39 is 22.8 Å². The van der Waals surface area contributed by atoms with E-state index in [1.807, 2.05) is 20.8 Å². The van der Waals surface area contributed by atoms with E-state index in [1.54, 1.807) is 24.3 Å². The van der Waals surface area contributed by atoms with Crippen LogP contribution >= 0.6 is 23.2 Å². The highest BCUT2D eigenvalue weighted by atomic mass is 35.5. The maximum Gasteiger partial charge on any atom is 0.269 e. The lowest BCUT2D eigenvalue weighted by molar-refractivity contribution is -0.384. The number of nitro benzene ring substituents is 1. The maximum absolute atomic E-state index is 13.4. The third-order valence-electron chi connectivity index (χ3n) is 4.47. The third-order valence-corrected chi connectivity index (χ3v) is 5.05. The zero-order chi connectivity index (χ0) is 23.8. The first kappa shape index (κ1) is 25.4. The van der Waals surface area contributed by atoms with E-state index >= 15 is 0 Å². The number of benzene rings is 2. The summed E-state index contributed by atoms with van der Waals surface area (Å²) in [6, 6.07) is 9.28. The lowest BCUT2D eigenvalue weighted by Gasteiger charge is -2.32. The van der Waals surface area contributed by atoms with E-state index in [9.17, 15) is 19.7 Å². The molecule has 2 rings (SSSR count). The summed E-state index contributed by atoms with van der Waals surface area (Å²) in [5.74, 6) is -0.778. The number of nitro groups is 1. The largest absolute Gasteiger partial charge is 0.494 e. The van der Waals surface area contributed by atoms with Gasteiger partial charge in [-0.1, -0.05) is 25.4 Å². The van der Waals surface area contributed by atoms with Crippen LogP contribution in [-0.2, 0) is 9.59 Å². The number of amides is 2. The highest BCUT2D eigenvalue weighted by molar-refractivity contribution is 6.32. The third kappa shape index (κ3) is 6.58. The van der Waals surface area contributed by atoms with Gasteiger partial charge in [-0.25, -0.2) is 0 Å². The minimum Gasteiger partial charge on any atom is -0.494 e. The molecule has 1 N–H and O–H groups in total. The predicted molar refractivity (Wildman–Crippen MR) is 124 cm³/mol. The standard InChI is InChI=1S/C22H25Cl2N3O5/c1-4-32-17-8-5-15(6-9-17)25-22(29)21(26(13-14(2)3)20(28)12-23)18-11-16(27(30)31)7-10-19(18)24/h5-11,14,21H,4,12-13H2,1-3H3,(H,25,29). The molecule has 0 aliphatic carbocycles. The van der Waals surface area contributed by atoms with Crippen molar-refractivity contribution in [3.63, 3.8) is 0 Å². The van der Waals surface area contributed by atoms with Gasteiger partial charge in [-0.05, 0) is 43.2 Å². The summed E-state index contributed by atoms with van der Waals surface area (Å²) >= 11 is 12.2. The molecule has 1 atom stereocenters. The second-order valence-electron chi connectivity index (χ2n) is 7.39. The van der Waals surface area contributed by atoms with Crippen molar-refractivity contribution in [2.24, 2.45) is 5.92 Å². The number of anilines is 1. The molecular formula is C22H25Cl2N3O5. The molecule has 0 aliphatic heterocycles. The molecule has 32 heavy (non-hydrogen) atoms. The molecule has 0 bridgehead atoms. The van der Waals surface area contributed by atoms with Crippen LogP contribution in [-0.4, -0.2) is 40.7 Å². The summed E-state index contributed by atoms with van der Waals surface area (Å²) in [6.07, 6.45) is 0. The van der Waals surface area contributed by atoms with Crippen molar-refractivity contribution in [2.75, 3.05) is 24.3 Å². The van der Waals surface area contributed by atoms with Crippen molar-refractivity contribution in [3.05, 3.63) is 63.2 Å². The van der Waals surface area contributed by atoms with E-state index in [2.05, 4.69) is 5.32 Å². The molecule has 0 saturated carbocycles. The molecule has 2 aromatic carbocycles. The van der Waals surface area contributed by atoms with Crippen molar-refractivity contribution < 1.29 is 19.2 Å². The van der Waals surface area contributed by atoms with Crippen LogP contribution in [0.25, 0.3) is 0 Å². The van der Waals surface area contributed by atoms with Gasteiger partial charge < -0.3 is 15.0 Å². The fourth-order valence-corrected chi connectivity index (χ4v) is 3.51. The van der Waals surface area contributed by atoms with Gasteiger partial charge in [0.2, 0.25) is 5.91 Å². The van der Waals surface area contributed by atoms with Crippen LogP contribution in [0.2, 0.25) is 5.02 Å². The molecule has 0 fully saturated rings. The van der Waals surface area contributed by atoms with Gasteiger partial charge in [0.15, 0.2) is 0 Å². The van der Waals surface area contributed by atoms with Gasteiger partial charge in [-0.15, -0.1) is 11.6 Å². The Bertz CT molecular complexity index is 967. The Balaban J connectivity index is 2.51. The van der Waals surface area contributed by atoms with Gasteiger partial charge in [0.05, 0.1) is 11.5 Å². The summed E-state index contributed by atoms with van der Waals surface area (Å²) in [6.45, 7) is 6.33. The topological polar surface area (TPSA) is 102 Å². The fourth-order valence-electron chi connectivity index (χ4n) is 3.14. The van der Waals surface area contributed by atoms with Crippen molar-refractivity contribution in [1.29, 1.82) is 0 Å². The summed E-state index contributed by atoms with van der Waals surface area (Å²) in [5.41, 5.74) is 0.363. The van der Waals surface area contributed by atoms with Gasteiger partial charge in [0.25, 0.3) is 11.6 Å². The molecule has 10 heteroatoms. The number of hydrogen-bond acceptors (Lipinski definition) is 5. The Labute approximate surface area is 196 Å². The molecule has 0 radical (unpaired) electrons. The van der Waals surface area contributed by atoms with Crippen molar-refractivity contribution in [1.82, 2.24) is 4.90 Å². The fraction of sp³-hybridized carbons (Fsp3) is 0.364. The van der Waals surface area contributed by atoms with Crippen LogP contribution in [0.15, 0.2) is 42.5 Å². The predicted octanol–water partition coefficient (Wildman–Crippen LogP) is 5.05. The maximum atomic E-state index is 13.4. The zero-order valence-electron chi connectivity index (χ0n) is 18.0. The average Bonchev–Trinajstić information content (AvgIpc) is 2.75. The Kier molecular flexibility index (Phi) is 9.28. The van der Waals surface area contributed by atoms with Crippen LogP contribution in [0, 0.1) is 16.0 Å². The molecule has 0 spiro atoms. The SMILES string of the molecule is CCOc1ccc(NC(=O)C(c2cc([N+](=O)[O-])ccc2Cl)N(CC(C)C)C(=O)CCl)cc1. The Morgan fingerprint density at radius 2 is 1.84 bits per heavy atom. The number of non-ortho nitro benzene ring substituents is 1. The van der Waals surface area contributed by atoms with E-state index in [0.29, 0.717) is 18.0 Å². The van der Waals surface area contributed by atoms with E-state index in [4.69, 9.17) is 27.9 Å². The van der Waals surface area contributed by atoms with Crippen LogP contribution in [0.1, 0.15) is 32.4 Å². The monoisotopic (exact) mass is 481 g/mol. The van der Waals surface area contributed by atoms with Crippen molar-refractivity contribution in [2.45, 2.75) is 26.8 Å². The summed E-state index contributed by atoms with van der Waals surface area (Å²) < 4.78 is 5.40. The normalized spacial score (nSPS) is 11.7. The van der Waals surface area contributed by atoms with Gasteiger partial charge >= 0.3 is 0 Å². The molecule has 0 heterocycles. The molecular weight excluding hydrogens is 457 g/mol. The number of nitrogens with zero attached hydrogens (tertiary/aromatic N) is 2. The quantitative estimate of drug-likeness (QED) is 0.290. The van der Waals surface area contributed by atoms with E-state index in [0.717, 1.165) is 0 Å². The molecule has 2 amide bonds. The highest BCUT2D eigenvalue weighted by Gasteiger charge is 2.34. The molecule has 0 aromatic heterocycles. The van der Waals surface area contributed by atoms with Gasteiger partial charge in [0, 0.05) is 35.0 Å². The van der Waals surface area contributed by atoms with Gasteiger partial charge in [0.1, 0.15) is 17.7 Å². The lowest BCUT2D eigenvalue weighted by Crippen LogP contribution is -2.44. The second-order valence-corrected chi connectivity index (χ2v) is 8.06. The van der Waals surface area contributed by atoms with Gasteiger partial charge in [-0.2, -0.15) is 0 Å². The first-order chi connectivity index (χ1) is 15.2. The summed E-state index contributed by atoms with van der Waals surface area (Å²) in [4.78, 5) is 38.1. The number of alkyl halides is 1. The molecule has 1 unspecified atom stereocenters. The molecule has 0 aliphatic rings. The number of hydrogen-bond donors (Lipinski definition) is 1. The van der Waals surface area contributed by atoms with E-state index in [-0.39, 0.29) is 34.6 Å². The Morgan fingerprint density at radius 3 is 2.38 bits per heavy atom. The van der Waals surface area contributed by atoms with E-state index in [1.165, 1.54) is 23.1 Å². The van der Waals surface area contributed by atoms with Crippen LogP contribution in [0.4, 0.5) is 11.4 Å². The first-order valence-corrected chi connectivity index (χ1v) is 10.9. The second kappa shape index (κ2) is 11.7. The number of carbonyl (C=O) groups excluding carboxylic acids is 2. The van der Waals surface area contributed by atoms with Crippen LogP contribution < -0.4 is 10.1 Å². The molecule has 172 valence electrons. The molecule has 2 aromatic rings. The highest BCUT2D eigenvalue weighted by Crippen LogP contribution is 2.33. The zero-order valence-corrected chi connectivity index (χ0v) is 19.5. The molecule has 8 nitrogen and oxygen atoms in total. The van der Waals surface area contributed by atoms with Crippen LogP contribution in [0.5, 0.6) is 5.75 Å². The van der Waals surface area contributed by atoms with Crippen LogP contribution in [0.3, 0.4) is 0 Å². The Morgan fingerprint density at radius 1 is 1.19 bits per heavy atom. The number of ether oxygens (including phenoxy) is 1. The number of carbonyl (C=O) groups is 2. The first-order valence-electron chi connectivity index (χ1n) is 10.0. The van der Waals surface area contributed by atoms with Crippen molar-refractivity contribution >= 4 is 46.4 Å². The smallest absolute Gasteiger partial charge is 0.269 e. The summed E-state index contributed by atoms with van der Waals surface area (Å²) in [7, 11) is 0. The molecule has 0 saturated heterocycles. The minimum absolute atomic E-state index is 0.000385. The number of nitrogens with one attached hydrogen (secondary N) is 1. The Hall–Kier alpha value is -2.84. The lowest BCUT2D eigenvalue weighted by atomic mass is 10.0. The summed E-state index contributed by atoms with van der Waals surface area (Å²) in [5, 5.41) is 14.2.